The summed E-state index contributed by atoms with van der Waals surface area (Å²) in [6.07, 6.45) is 22.4. The zero-order chi connectivity index (χ0) is 21.9. The second-order valence-electron chi connectivity index (χ2n) is 10.7. The maximum absolute atomic E-state index is 6.64. The van der Waals surface area contributed by atoms with Crippen LogP contribution in [0.25, 0.3) is 0 Å². The van der Waals surface area contributed by atoms with Crippen molar-refractivity contribution in [2.45, 2.75) is 97.3 Å². The first kappa shape index (κ1) is 23.4. The predicted molar refractivity (Wildman–Crippen MR) is 134 cm³/mol. The van der Waals surface area contributed by atoms with Crippen LogP contribution < -0.4 is 0 Å². The highest BCUT2D eigenvalue weighted by Gasteiger charge is 2.36. The minimum absolute atomic E-state index is 0.185. The van der Waals surface area contributed by atoms with Crippen LogP contribution in [-0.2, 0) is 0 Å². The monoisotopic (exact) mass is 424 g/mol. The molecule has 0 aromatic heterocycles. The summed E-state index contributed by atoms with van der Waals surface area (Å²) < 4.78 is 0. The Hall–Kier alpha value is -1.27. The van der Waals surface area contributed by atoms with Crippen molar-refractivity contribution in [1.29, 1.82) is 0 Å². The molecule has 0 radical (unpaired) electrons. The Morgan fingerprint density at radius 3 is 2.40 bits per heavy atom. The lowest BCUT2D eigenvalue weighted by atomic mass is 9.65. The van der Waals surface area contributed by atoms with Crippen molar-refractivity contribution in [2.24, 2.45) is 11.3 Å². The van der Waals surface area contributed by atoms with Gasteiger partial charge in [-0.1, -0.05) is 73.1 Å². The normalized spacial score (nSPS) is 30.5. The molecule has 0 saturated carbocycles. The first-order chi connectivity index (χ1) is 14.1. The highest BCUT2D eigenvalue weighted by Crippen LogP contribution is 2.49. The first-order valence-corrected chi connectivity index (χ1v) is 12.3. The molecule has 1 heteroatoms. The van der Waals surface area contributed by atoms with Crippen molar-refractivity contribution >= 4 is 11.6 Å². The quantitative estimate of drug-likeness (QED) is 0.269. The molecule has 0 nitrogen and oxygen atoms in total. The molecule has 3 aliphatic rings. The van der Waals surface area contributed by atoms with E-state index >= 15 is 0 Å². The van der Waals surface area contributed by atoms with Gasteiger partial charge in [0.1, 0.15) is 0 Å². The van der Waals surface area contributed by atoms with Gasteiger partial charge in [-0.15, -0.1) is 11.6 Å². The van der Waals surface area contributed by atoms with Crippen LogP contribution in [0.5, 0.6) is 0 Å². The third kappa shape index (κ3) is 5.70. The molecule has 3 atom stereocenters. The van der Waals surface area contributed by atoms with E-state index in [9.17, 15) is 0 Å². The Morgan fingerprint density at radius 1 is 1.17 bits per heavy atom. The molecule has 30 heavy (non-hydrogen) atoms. The van der Waals surface area contributed by atoms with Gasteiger partial charge >= 0.3 is 0 Å². The van der Waals surface area contributed by atoms with Crippen molar-refractivity contribution in [3.63, 3.8) is 0 Å². The number of hydrogen-bond donors (Lipinski definition) is 0. The number of hydrogen-bond acceptors (Lipinski definition) is 0. The van der Waals surface area contributed by atoms with Crippen LogP contribution in [0.4, 0.5) is 0 Å². The van der Waals surface area contributed by atoms with Crippen molar-refractivity contribution in [3.8, 4) is 0 Å². The van der Waals surface area contributed by atoms with E-state index in [-0.39, 0.29) is 10.3 Å². The highest BCUT2D eigenvalue weighted by molar-refractivity contribution is 6.25. The predicted octanol–water partition coefficient (Wildman–Crippen LogP) is 9.41. The molecule has 3 rings (SSSR count). The topological polar surface area (TPSA) is 0 Å². The van der Waals surface area contributed by atoms with Gasteiger partial charge < -0.3 is 0 Å². The van der Waals surface area contributed by atoms with E-state index in [1.54, 1.807) is 22.3 Å². The van der Waals surface area contributed by atoms with E-state index in [2.05, 4.69) is 71.6 Å². The molecule has 0 aliphatic heterocycles. The minimum Gasteiger partial charge on any atom is -0.115 e. The molecule has 0 aromatic rings. The van der Waals surface area contributed by atoms with Crippen molar-refractivity contribution < 1.29 is 0 Å². The van der Waals surface area contributed by atoms with E-state index in [1.165, 1.54) is 49.7 Å². The third-order valence-corrected chi connectivity index (χ3v) is 7.68. The summed E-state index contributed by atoms with van der Waals surface area (Å²) in [5.74, 6) is 0.570. The van der Waals surface area contributed by atoms with Crippen LogP contribution in [0.1, 0.15) is 92.4 Å². The van der Waals surface area contributed by atoms with E-state index < -0.39 is 0 Å². The zero-order valence-corrected chi connectivity index (χ0v) is 20.7. The lowest BCUT2D eigenvalue weighted by Crippen LogP contribution is -2.27. The van der Waals surface area contributed by atoms with Gasteiger partial charge in [-0.3, -0.25) is 0 Å². The minimum atomic E-state index is -0.255. The fourth-order valence-electron chi connectivity index (χ4n) is 5.11. The largest absolute Gasteiger partial charge is 0.115 e. The maximum Gasteiger partial charge on any atom is 0.0635 e. The van der Waals surface area contributed by atoms with Gasteiger partial charge in [0.15, 0.2) is 0 Å². The van der Waals surface area contributed by atoms with Crippen LogP contribution in [0.2, 0.25) is 0 Å². The van der Waals surface area contributed by atoms with Gasteiger partial charge in [0.2, 0.25) is 0 Å². The molecule has 0 amide bonds. The lowest BCUT2D eigenvalue weighted by molar-refractivity contribution is 0.349. The Kier molecular flexibility index (Phi) is 7.39. The Bertz CT molecular complexity index is 826. The van der Waals surface area contributed by atoms with E-state index in [1.807, 2.05) is 0 Å². The van der Waals surface area contributed by atoms with Crippen LogP contribution in [0.15, 0.2) is 70.4 Å². The van der Waals surface area contributed by atoms with Gasteiger partial charge in [-0.25, -0.2) is 0 Å². The Labute approximate surface area is 190 Å². The number of alkyl halides is 1. The van der Waals surface area contributed by atoms with Crippen LogP contribution in [0, 0.1) is 11.3 Å². The summed E-state index contributed by atoms with van der Waals surface area (Å²) in [6.45, 7) is 15.8. The highest BCUT2D eigenvalue weighted by atomic mass is 35.5. The summed E-state index contributed by atoms with van der Waals surface area (Å²) in [4.78, 5) is -0.255. The first-order valence-electron chi connectivity index (χ1n) is 11.9. The maximum atomic E-state index is 6.64. The summed E-state index contributed by atoms with van der Waals surface area (Å²) >= 11 is 6.64. The molecular weight excluding hydrogens is 384 g/mol. The van der Waals surface area contributed by atoms with E-state index in [0.717, 1.165) is 19.3 Å². The summed E-state index contributed by atoms with van der Waals surface area (Å²) in [5.41, 5.74) is 9.28. The smallest absolute Gasteiger partial charge is 0.0635 e. The molecule has 0 fully saturated rings. The van der Waals surface area contributed by atoms with Crippen LogP contribution >= 0.6 is 11.6 Å². The second-order valence-corrected chi connectivity index (χ2v) is 11.5. The molecular formula is C29H41Cl. The van der Waals surface area contributed by atoms with Gasteiger partial charge in [0.05, 0.1) is 4.87 Å². The zero-order valence-electron chi connectivity index (χ0n) is 19.9. The number of allylic oxidation sites excluding steroid dienone is 11. The molecule has 3 aliphatic carbocycles. The van der Waals surface area contributed by atoms with Crippen LogP contribution in [-0.4, -0.2) is 4.87 Å². The molecule has 164 valence electrons. The second kappa shape index (κ2) is 9.47. The summed E-state index contributed by atoms with van der Waals surface area (Å²) in [5, 5.41) is 0. The fourth-order valence-corrected chi connectivity index (χ4v) is 5.25. The van der Waals surface area contributed by atoms with Gasteiger partial charge in [-0.2, -0.15) is 0 Å². The molecule has 0 bridgehead atoms. The molecule has 0 heterocycles. The third-order valence-electron chi connectivity index (χ3n) is 7.40. The van der Waals surface area contributed by atoms with Crippen molar-refractivity contribution in [3.05, 3.63) is 70.4 Å². The standard InChI is InChI=1S/C29H41Cl/c1-21(2)20-26(23(4)10-11-24-8-7-9-24)27(25-14-18-29(6,30)19-15-25)28(5)16-12-22(3)13-17-28/h8,12,14-15,18,23H,1,7,9-11,13,16-17,19-20H2,2-6H3/b27-26+. The molecule has 0 N–H and O–H groups in total. The lowest BCUT2D eigenvalue weighted by Gasteiger charge is -2.40. The van der Waals surface area contributed by atoms with Crippen molar-refractivity contribution in [2.75, 3.05) is 0 Å². The van der Waals surface area contributed by atoms with E-state index in [4.69, 9.17) is 11.6 Å². The SMILES string of the molecule is C=C(C)C/C(=C(/C1=CCC(C)(Cl)C=C1)C1(C)CC=C(C)CC1)C(C)CCC1=CCC1. The summed E-state index contributed by atoms with van der Waals surface area (Å²) in [7, 11) is 0. The van der Waals surface area contributed by atoms with E-state index in [0.29, 0.717) is 5.92 Å². The number of halogens is 1. The van der Waals surface area contributed by atoms with Crippen LogP contribution in [0.3, 0.4) is 0 Å². The Morgan fingerprint density at radius 2 is 1.90 bits per heavy atom. The fraction of sp³-hybridized carbons (Fsp3) is 0.586. The Balaban J connectivity index is 2.04. The molecule has 0 saturated heterocycles. The van der Waals surface area contributed by atoms with Gasteiger partial charge in [0, 0.05) is 0 Å². The number of rotatable bonds is 8. The summed E-state index contributed by atoms with van der Waals surface area (Å²) in [6, 6.07) is 0. The molecule has 3 unspecified atom stereocenters. The molecule has 0 spiro atoms. The molecule has 0 aromatic carbocycles. The van der Waals surface area contributed by atoms with Gasteiger partial charge in [-0.05, 0) is 101 Å². The average molecular weight is 425 g/mol. The van der Waals surface area contributed by atoms with Gasteiger partial charge in [0.25, 0.3) is 0 Å². The van der Waals surface area contributed by atoms with Crippen molar-refractivity contribution in [1.82, 2.24) is 0 Å². The average Bonchev–Trinajstić information content (AvgIpc) is 2.63.